The topological polar surface area (TPSA) is 6.25 Å². The molecule has 45 heavy (non-hydrogen) atoms. The standard InChI is InChI=1S/C43H43N2/c1-42(2)38(44(3)36-25-23-32-15-5-7-17-34(32)40(36)42)19-11-13-30-21-22-31(29-30)14-12-20-39-43(27-9-10-28-43)41-35-18-8-6-16-33(35)24-26-37(41)45(39)4/h5-8,11-20,23-26,29H,9-10,21-22,27-28H2,1-4H3/q+1. The molecule has 0 N–H and O–H groups in total. The van der Waals surface area contributed by atoms with E-state index >= 15 is 0 Å². The first-order valence-corrected chi connectivity index (χ1v) is 16.7. The number of rotatable bonds is 4. The van der Waals surface area contributed by atoms with E-state index < -0.39 is 0 Å². The van der Waals surface area contributed by atoms with Gasteiger partial charge in [-0.15, -0.1) is 0 Å². The highest BCUT2D eigenvalue weighted by Gasteiger charge is 2.48. The molecule has 4 aromatic carbocycles. The minimum absolute atomic E-state index is 0.0527. The van der Waals surface area contributed by atoms with Gasteiger partial charge in [0.15, 0.2) is 5.71 Å². The molecule has 0 radical (unpaired) electrons. The van der Waals surface area contributed by atoms with E-state index in [0.717, 1.165) is 12.8 Å². The van der Waals surface area contributed by atoms with Crippen LogP contribution in [-0.4, -0.2) is 24.4 Å². The van der Waals surface area contributed by atoms with Crippen molar-refractivity contribution >= 4 is 38.6 Å². The third-order valence-corrected chi connectivity index (χ3v) is 11.2. The lowest BCUT2D eigenvalue weighted by Crippen LogP contribution is -2.26. The van der Waals surface area contributed by atoms with Crippen molar-refractivity contribution in [3.8, 4) is 0 Å². The van der Waals surface area contributed by atoms with Crippen molar-refractivity contribution in [3.63, 3.8) is 0 Å². The first kappa shape index (κ1) is 28.1. The minimum atomic E-state index is -0.0527. The quantitative estimate of drug-likeness (QED) is 0.215. The van der Waals surface area contributed by atoms with Crippen molar-refractivity contribution in [2.24, 2.45) is 0 Å². The highest BCUT2D eigenvalue weighted by Crippen LogP contribution is 2.58. The van der Waals surface area contributed by atoms with E-state index in [1.807, 2.05) is 0 Å². The number of nitrogens with zero attached hydrogens (tertiary/aromatic N) is 2. The van der Waals surface area contributed by atoms with Gasteiger partial charge in [0.2, 0.25) is 5.69 Å². The summed E-state index contributed by atoms with van der Waals surface area (Å²) in [6.45, 7) is 4.72. The molecule has 2 heteroatoms. The molecule has 1 fully saturated rings. The van der Waals surface area contributed by atoms with Gasteiger partial charge in [-0.1, -0.05) is 97.8 Å². The van der Waals surface area contributed by atoms with Crippen molar-refractivity contribution in [1.29, 1.82) is 0 Å². The van der Waals surface area contributed by atoms with Crippen molar-refractivity contribution < 1.29 is 4.58 Å². The van der Waals surface area contributed by atoms with Crippen LogP contribution in [0, 0.1) is 0 Å². The van der Waals surface area contributed by atoms with Crippen molar-refractivity contribution in [3.05, 3.63) is 143 Å². The third-order valence-electron chi connectivity index (χ3n) is 11.2. The van der Waals surface area contributed by atoms with E-state index in [-0.39, 0.29) is 10.8 Å². The van der Waals surface area contributed by atoms with E-state index in [4.69, 9.17) is 0 Å². The van der Waals surface area contributed by atoms with Crippen LogP contribution < -0.4 is 4.90 Å². The molecule has 0 aromatic heterocycles. The van der Waals surface area contributed by atoms with Crippen LogP contribution in [0.1, 0.15) is 63.5 Å². The highest BCUT2D eigenvalue weighted by atomic mass is 15.2. The molecule has 2 aliphatic carbocycles. The number of allylic oxidation sites excluding steroid dienone is 10. The van der Waals surface area contributed by atoms with Crippen LogP contribution in [0.15, 0.2) is 132 Å². The smallest absolute Gasteiger partial charge is 0.210 e. The van der Waals surface area contributed by atoms with Gasteiger partial charge in [0.25, 0.3) is 0 Å². The van der Waals surface area contributed by atoms with Crippen molar-refractivity contribution in [2.75, 3.05) is 19.0 Å². The monoisotopic (exact) mass is 587 g/mol. The summed E-state index contributed by atoms with van der Waals surface area (Å²) in [6.07, 6.45) is 23.7. The molecule has 4 aromatic rings. The van der Waals surface area contributed by atoms with Gasteiger partial charge >= 0.3 is 0 Å². The number of likely N-dealkylation sites (N-methyl/N-ethyl adjacent to an activating group) is 1. The molecule has 8 rings (SSSR count). The fourth-order valence-electron chi connectivity index (χ4n) is 9.03. The summed E-state index contributed by atoms with van der Waals surface area (Å²) in [6, 6.07) is 26.9. The molecule has 1 spiro atoms. The average molecular weight is 588 g/mol. The Morgan fingerprint density at radius 1 is 0.733 bits per heavy atom. The lowest BCUT2D eigenvalue weighted by Gasteiger charge is -2.28. The van der Waals surface area contributed by atoms with Crippen LogP contribution in [-0.2, 0) is 10.8 Å². The first-order chi connectivity index (χ1) is 21.9. The maximum Gasteiger partial charge on any atom is 0.210 e. The summed E-state index contributed by atoms with van der Waals surface area (Å²) in [7, 11) is 4.48. The number of hydrogen-bond acceptors (Lipinski definition) is 1. The third kappa shape index (κ3) is 4.33. The Kier molecular flexibility index (Phi) is 6.60. The van der Waals surface area contributed by atoms with Gasteiger partial charge in [-0.3, -0.25) is 0 Å². The van der Waals surface area contributed by atoms with Gasteiger partial charge < -0.3 is 4.90 Å². The predicted octanol–water partition coefficient (Wildman–Crippen LogP) is 10.6. The predicted molar refractivity (Wildman–Crippen MR) is 192 cm³/mol. The second-order valence-corrected chi connectivity index (χ2v) is 14.0. The van der Waals surface area contributed by atoms with Gasteiger partial charge in [0.05, 0.1) is 5.41 Å². The second kappa shape index (κ2) is 10.6. The molecule has 0 saturated heterocycles. The maximum atomic E-state index is 2.47. The van der Waals surface area contributed by atoms with E-state index in [9.17, 15) is 0 Å². The molecule has 2 heterocycles. The first-order valence-electron chi connectivity index (χ1n) is 16.7. The number of anilines is 1. The summed E-state index contributed by atoms with van der Waals surface area (Å²) in [5.41, 5.74) is 11.4. The molecular formula is C43H43N2+. The largest absolute Gasteiger partial charge is 0.347 e. The normalized spacial score (nSPS) is 22.0. The summed E-state index contributed by atoms with van der Waals surface area (Å²) in [4.78, 5) is 2.47. The molecule has 0 atom stereocenters. The Morgan fingerprint density at radius 2 is 1.40 bits per heavy atom. The van der Waals surface area contributed by atoms with E-state index in [1.54, 1.807) is 5.56 Å². The molecule has 1 saturated carbocycles. The highest BCUT2D eigenvalue weighted by molar-refractivity contribution is 6.07. The Morgan fingerprint density at radius 3 is 2.16 bits per heavy atom. The van der Waals surface area contributed by atoms with Crippen LogP contribution in [0.3, 0.4) is 0 Å². The zero-order valence-electron chi connectivity index (χ0n) is 27.1. The molecule has 2 aliphatic heterocycles. The molecule has 0 unspecified atom stereocenters. The van der Waals surface area contributed by atoms with Crippen LogP contribution in [0.2, 0.25) is 0 Å². The number of fused-ring (bicyclic) bond motifs is 7. The lowest BCUT2D eigenvalue weighted by molar-refractivity contribution is -0.401. The zero-order chi connectivity index (χ0) is 30.8. The van der Waals surface area contributed by atoms with Crippen LogP contribution >= 0.6 is 0 Å². The summed E-state index contributed by atoms with van der Waals surface area (Å²) in [5, 5.41) is 5.46. The molecule has 2 nitrogen and oxygen atoms in total. The molecular weight excluding hydrogens is 544 g/mol. The summed E-state index contributed by atoms with van der Waals surface area (Å²) in [5.74, 6) is 0. The van der Waals surface area contributed by atoms with Crippen molar-refractivity contribution in [1.82, 2.24) is 0 Å². The van der Waals surface area contributed by atoms with Gasteiger partial charge in [-0.2, -0.15) is 4.58 Å². The number of benzene rings is 4. The van der Waals surface area contributed by atoms with Gasteiger partial charge in [0, 0.05) is 41.6 Å². The SMILES string of the molecule is CN1C(=CC=CC2=CC(=CC=CC3=[N+](C)c4ccc5ccccc5c4C3(C)C)CC2)C2(CCCC2)c2c1ccc1ccccc21. The Hall–Kier alpha value is -4.43. The Labute approximate surface area is 268 Å². The molecule has 4 aliphatic rings. The second-order valence-electron chi connectivity index (χ2n) is 14.0. The fourth-order valence-corrected chi connectivity index (χ4v) is 9.03. The van der Waals surface area contributed by atoms with Crippen LogP contribution in [0.5, 0.6) is 0 Å². The fraction of sp³-hybridized carbons (Fsp3) is 0.279. The van der Waals surface area contributed by atoms with Gasteiger partial charge in [0.1, 0.15) is 7.05 Å². The Bertz CT molecular complexity index is 2050. The summed E-state index contributed by atoms with van der Waals surface area (Å²) >= 11 is 0. The van der Waals surface area contributed by atoms with Gasteiger partial charge in [-0.25, -0.2) is 0 Å². The average Bonchev–Trinajstić information content (AvgIpc) is 3.81. The lowest BCUT2D eigenvalue weighted by atomic mass is 9.76. The Balaban J connectivity index is 1.03. The zero-order valence-corrected chi connectivity index (χ0v) is 27.1. The number of hydrogen-bond donors (Lipinski definition) is 0. The maximum absolute atomic E-state index is 2.47. The molecule has 0 bridgehead atoms. The van der Waals surface area contributed by atoms with Gasteiger partial charge in [-0.05, 0) is 96.0 Å². The minimum Gasteiger partial charge on any atom is -0.347 e. The van der Waals surface area contributed by atoms with Crippen LogP contribution in [0.4, 0.5) is 11.4 Å². The van der Waals surface area contributed by atoms with E-state index in [2.05, 4.69) is 153 Å². The molecule has 0 amide bonds. The summed E-state index contributed by atoms with van der Waals surface area (Å²) < 4.78 is 2.38. The van der Waals surface area contributed by atoms with Crippen LogP contribution in [0.25, 0.3) is 21.5 Å². The van der Waals surface area contributed by atoms with Crippen molar-refractivity contribution in [2.45, 2.75) is 63.2 Å². The van der Waals surface area contributed by atoms with E-state index in [0.29, 0.717) is 0 Å². The molecule has 224 valence electrons. The van der Waals surface area contributed by atoms with E-state index in [1.165, 1.54) is 86.7 Å².